The Morgan fingerprint density at radius 2 is 2.46 bits per heavy atom. The van der Waals surface area contributed by atoms with Crippen LogP contribution in [0.2, 0.25) is 0 Å². The van der Waals surface area contributed by atoms with Crippen molar-refractivity contribution in [2.45, 2.75) is 18.9 Å². The first-order valence-electron chi connectivity index (χ1n) is 4.74. The number of nitrogens with one attached hydrogen (secondary N) is 1. The van der Waals surface area contributed by atoms with Crippen LogP contribution in [0, 0.1) is 5.92 Å². The summed E-state index contributed by atoms with van der Waals surface area (Å²) in [7, 11) is 0. The Balaban J connectivity index is 1.96. The lowest BCUT2D eigenvalue weighted by Crippen LogP contribution is -2.35. The third-order valence-corrected chi connectivity index (χ3v) is 2.61. The maximum atomic E-state index is 5.61. The first-order valence-corrected chi connectivity index (χ1v) is 4.74. The van der Waals surface area contributed by atoms with E-state index in [1.54, 1.807) is 0 Å². The Morgan fingerprint density at radius 1 is 1.54 bits per heavy atom. The molecule has 2 aliphatic rings. The second-order valence-corrected chi connectivity index (χ2v) is 3.57. The largest absolute Gasteiger partial charge is 0.398 e. The fraction of sp³-hybridized carbons (Fsp3) is 0.500. The van der Waals surface area contributed by atoms with Gasteiger partial charge < -0.3 is 11.1 Å². The van der Waals surface area contributed by atoms with Gasteiger partial charge in [-0.05, 0) is 31.1 Å². The van der Waals surface area contributed by atoms with E-state index in [1.165, 1.54) is 6.42 Å². The zero-order chi connectivity index (χ0) is 9.10. The summed E-state index contributed by atoms with van der Waals surface area (Å²) in [5.41, 5.74) is 6.42. The SMILES string of the molecule is NC1=CNC(C2CC=NCC2)C=C1. The molecule has 3 heteroatoms. The molecule has 0 aliphatic carbocycles. The van der Waals surface area contributed by atoms with Crippen molar-refractivity contribution in [2.24, 2.45) is 16.6 Å². The minimum Gasteiger partial charge on any atom is -0.398 e. The van der Waals surface area contributed by atoms with Crippen molar-refractivity contribution in [1.29, 1.82) is 0 Å². The standard InChI is InChI=1S/C10H15N3/c11-9-1-2-10(13-7-9)8-3-5-12-6-4-8/h1-2,5,7-8,10,13H,3-4,6,11H2. The van der Waals surface area contributed by atoms with Crippen molar-refractivity contribution in [3.63, 3.8) is 0 Å². The molecule has 13 heavy (non-hydrogen) atoms. The van der Waals surface area contributed by atoms with Gasteiger partial charge in [-0.1, -0.05) is 6.08 Å². The van der Waals surface area contributed by atoms with Crippen LogP contribution in [-0.2, 0) is 0 Å². The maximum absolute atomic E-state index is 5.61. The summed E-state index contributed by atoms with van der Waals surface area (Å²) >= 11 is 0. The Kier molecular flexibility index (Phi) is 2.34. The van der Waals surface area contributed by atoms with Crippen LogP contribution in [0.4, 0.5) is 0 Å². The number of dihydropyridines is 1. The van der Waals surface area contributed by atoms with Crippen molar-refractivity contribution >= 4 is 6.21 Å². The summed E-state index contributed by atoms with van der Waals surface area (Å²) in [4.78, 5) is 4.22. The summed E-state index contributed by atoms with van der Waals surface area (Å²) in [6.45, 7) is 0.968. The molecule has 0 aromatic carbocycles. The molecular formula is C10H15N3. The van der Waals surface area contributed by atoms with E-state index in [9.17, 15) is 0 Å². The predicted octanol–water partition coefficient (Wildman–Crippen LogP) is 0.795. The molecule has 0 saturated heterocycles. The summed E-state index contributed by atoms with van der Waals surface area (Å²) in [5, 5.41) is 3.30. The molecule has 0 aromatic rings. The van der Waals surface area contributed by atoms with Crippen LogP contribution in [0.25, 0.3) is 0 Å². The van der Waals surface area contributed by atoms with Crippen molar-refractivity contribution in [2.75, 3.05) is 6.54 Å². The van der Waals surface area contributed by atoms with E-state index in [1.807, 2.05) is 18.5 Å². The monoisotopic (exact) mass is 177 g/mol. The van der Waals surface area contributed by atoms with Crippen LogP contribution in [0.1, 0.15) is 12.8 Å². The fourth-order valence-corrected chi connectivity index (χ4v) is 1.79. The highest BCUT2D eigenvalue weighted by molar-refractivity contribution is 5.58. The molecular weight excluding hydrogens is 162 g/mol. The number of hydrogen-bond acceptors (Lipinski definition) is 3. The van der Waals surface area contributed by atoms with Crippen LogP contribution in [-0.4, -0.2) is 18.8 Å². The van der Waals surface area contributed by atoms with Gasteiger partial charge in [0.2, 0.25) is 0 Å². The van der Waals surface area contributed by atoms with Gasteiger partial charge in [-0.25, -0.2) is 0 Å². The normalized spacial score (nSPS) is 32.5. The van der Waals surface area contributed by atoms with E-state index in [-0.39, 0.29) is 0 Å². The highest BCUT2D eigenvalue weighted by Crippen LogP contribution is 2.19. The molecule has 2 unspecified atom stereocenters. The molecule has 0 saturated carbocycles. The summed E-state index contributed by atoms with van der Waals surface area (Å²) in [5.74, 6) is 0.679. The van der Waals surface area contributed by atoms with Crippen LogP contribution >= 0.6 is 0 Å². The molecule has 0 amide bonds. The van der Waals surface area contributed by atoms with Gasteiger partial charge in [0, 0.05) is 24.5 Å². The Hall–Kier alpha value is -1.25. The molecule has 2 heterocycles. The summed E-state index contributed by atoms with van der Waals surface area (Å²) in [6.07, 6.45) is 10.3. The van der Waals surface area contributed by atoms with Gasteiger partial charge in [-0.2, -0.15) is 0 Å². The maximum Gasteiger partial charge on any atom is 0.0475 e. The van der Waals surface area contributed by atoms with E-state index < -0.39 is 0 Å². The van der Waals surface area contributed by atoms with Crippen LogP contribution in [0.15, 0.2) is 29.0 Å². The number of nitrogens with two attached hydrogens (primary N) is 1. The molecule has 2 rings (SSSR count). The van der Waals surface area contributed by atoms with Crippen LogP contribution in [0.5, 0.6) is 0 Å². The first-order chi connectivity index (χ1) is 6.36. The third kappa shape index (κ3) is 1.91. The third-order valence-electron chi connectivity index (χ3n) is 2.61. The van der Waals surface area contributed by atoms with Crippen LogP contribution in [0.3, 0.4) is 0 Å². The minimum atomic E-state index is 0.444. The van der Waals surface area contributed by atoms with Crippen molar-refractivity contribution in [3.8, 4) is 0 Å². The molecule has 0 bridgehead atoms. The molecule has 3 N–H and O–H groups in total. The van der Waals surface area contributed by atoms with E-state index >= 15 is 0 Å². The number of aliphatic imine (C=N–C) groups is 1. The first kappa shape index (κ1) is 8.35. The zero-order valence-electron chi connectivity index (χ0n) is 7.61. The molecule has 0 radical (unpaired) electrons. The lowest BCUT2D eigenvalue weighted by atomic mass is 9.90. The Bertz CT molecular complexity index is 265. The second kappa shape index (κ2) is 3.64. The van der Waals surface area contributed by atoms with Gasteiger partial charge in [0.1, 0.15) is 0 Å². The second-order valence-electron chi connectivity index (χ2n) is 3.57. The van der Waals surface area contributed by atoms with Crippen molar-refractivity contribution in [1.82, 2.24) is 5.32 Å². The highest BCUT2D eigenvalue weighted by atomic mass is 14.9. The van der Waals surface area contributed by atoms with Crippen LogP contribution < -0.4 is 11.1 Å². The molecule has 0 aromatic heterocycles. The van der Waals surface area contributed by atoms with E-state index in [4.69, 9.17) is 5.73 Å². The Labute approximate surface area is 78.4 Å². The van der Waals surface area contributed by atoms with E-state index in [0.717, 1.165) is 18.7 Å². The number of rotatable bonds is 1. The number of allylic oxidation sites excluding steroid dienone is 1. The lowest BCUT2D eigenvalue weighted by Gasteiger charge is -2.27. The topological polar surface area (TPSA) is 50.4 Å². The average Bonchev–Trinajstić information content (AvgIpc) is 2.20. The van der Waals surface area contributed by atoms with E-state index in [0.29, 0.717) is 12.0 Å². The smallest absolute Gasteiger partial charge is 0.0475 e. The van der Waals surface area contributed by atoms with Gasteiger partial charge in [0.15, 0.2) is 0 Å². The molecule has 2 aliphatic heterocycles. The molecule has 70 valence electrons. The molecule has 3 nitrogen and oxygen atoms in total. The summed E-state index contributed by atoms with van der Waals surface area (Å²) in [6, 6.07) is 0.444. The van der Waals surface area contributed by atoms with Gasteiger partial charge in [-0.15, -0.1) is 0 Å². The average molecular weight is 177 g/mol. The van der Waals surface area contributed by atoms with Gasteiger partial charge in [-0.3, -0.25) is 4.99 Å². The van der Waals surface area contributed by atoms with Crippen molar-refractivity contribution in [3.05, 3.63) is 24.0 Å². The predicted molar refractivity (Wildman–Crippen MR) is 54.4 cm³/mol. The lowest BCUT2D eigenvalue weighted by molar-refractivity contribution is 0.415. The van der Waals surface area contributed by atoms with Crippen molar-refractivity contribution < 1.29 is 0 Å². The van der Waals surface area contributed by atoms with Gasteiger partial charge in [0.05, 0.1) is 0 Å². The molecule has 0 fully saturated rings. The number of hydrogen-bond donors (Lipinski definition) is 2. The Morgan fingerprint density at radius 3 is 3.08 bits per heavy atom. The number of nitrogens with zero attached hydrogens (tertiary/aromatic N) is 1. The quantitative estimate of drug-likeness (QED) is 0.622. The fourth-order valence-electron chi connectivity index (χ4n) is 1.79. The van der Waals surface area contributed by atoms with Gasteiger partial charge in [0.25, 0.3) is 0 Å². The summed E-state index contributed by atoms with van der Waals surface area (Å²) < 4.78 is 0. The zero-order valence-corrected chi connectivity index (χ0v) is 7.61. The van der Waals surface area contributed by atoms with Gasteiger partial charge >= 0.3 is 0 Å². The highest BCUT2D eigenvalue weighted by Gasteiger charge is 2.20. The van der Waals surface area contributed by atoms with E-state index in [2.05, 4.69) is 16.4 Å². The minimum absolute atomic E-state index is 0.444. The molecule has 0 spiro atoms. The molecule has 2 atom stereocenters.